The second-order valence-corrected chi connectivity index (χ2v) is 4.50. The zero-order valence-corrected chi connectivity index (χ0v) is 10.8. The topological polar surface area (TPSA) is 54.7 Å². The van der Waals surface area contributed by atoms with Crippen molar-refractivity contribution in [2.24, 2.45) is 0 Å². The number of hydrogen-bond acceptors (Lipinski definition) is 4. The molecule has 2 heterocycles. The molecule has 0 unspecified atom stereocenters. The molecule has 100 valence electrons. The van der Waals surface area contributed by atoms with Crippen molar-refractivity contribution in [2.45, 2.75) is 13.3 Å². The van der Waals surface area contributed by atoms with E-state index in [1.165, 1.54) is 0 Å². The fourth-order valence-corrected chi connectivity index (χ4v) is 1.96. The number of carbonyl (C=O) groups is 1. The molecule has 18 heavy (non-hydrogen) atoms. The first-order valence-corrected chi connectivity index (χ1v) is 6.36. The number of furan rings is 1. The minimum Gasteiger partial charge on any atom is -0.466 e. The third kappa shape index (κ3) is 4.16. The predicted molar refractivity (Wildman–Crippen MR) is 67.4 cm³/mol. The lowest BCUT2D eigenvalue weighted by Gasteiger charge is -2.25. The molecule has 1 aliphatic rings. The maximum atomic E-state index is 11.7. The Hall–Kier alpha value is -1.33. The lowest BCUT2D eigenvalue weighted by molar-refractivity contribution is -0.123. The number of ether oxygens (including phenoxy) is 1. The summed E-state index contributed by atoms with van der Waals surface area (Å²) in [4.78, 5) is 13.8. The van der Waals surface area contributed by atoms with E-state index in [0.717, 1.165) is 44.2 Å². The van der Waals surface area contributed by atoms with Crippen molar-refractivity contribution in [1.82, 2.24) is 10.2 Å². The number of nitrogens with zero attached hydrogens (tertiary/aromatic N) is 1. The molecule has 0 atom stereocenters. The molecule has 1 N–H and O–H groups in total. The molecule has 5 nitrogen and oxygen atoms in total. The molecular weight excluding hydrogens is 232 g/mol. The number of amides is 1. The number of nitrogens with one attached hydrogen (secondary N) is 1. The molecule has 2 rings (SSSR count). The molecule has 5 heteroatoms. The summed E-state index contributed by atoms with van der Waals surface area (Å²) in [6.45, 7) is 6.12. The zero-order valence-electron chi connectivity index (χ0n) is 10.8. The quantitative estimate of drug-likeness (QED) is 0.833. The van der Waals surface area contributed by atoms with Gasteiger partial charge in [0.25, 0.3) is 0 Å². The van der Waals surface area contributed by atoms with E-state index in [2.05, 4.69) is 10.2 Å². The molecule has 1 fully saturated rings. The summed E-state index contributed by atoms with van der Waals surface area (Å²) in [6.07, 6.45) is 0.739. The minimum atomic E-state index is 0.0696. The van der Waals surface area contributed by atoms with Crippen LogP contribution in [0.1, 0.15) is 11.5 Å². The smallest absolute Gasteiger partial charge is 0.234 e. The van der Waals surface area contributed by atoms with Crippen LogP contribution in [-0.4, -0.2) is 50.2 Å². The van der Waals surface area contributed by atoms with Crippen molar-refractivity contribution in [1.29, 1.82) is 0 Å². The molecule has 0 bridgehead atoms. The Kier molecular flexibility index (Phi) is 4.78. The molecule has 0 spiro atoms. The van der Waals surface area contributed by atoms with E-state index in [1.54, 1.807) is 0 Å². The molecule has 1 saturated heterocycles. The van der Waals surface area contributed by atoms with Gasteiger partial charge in [-0.3, -0.25) is 9.69 Å². The van der Waals surface area contributed by atoms with Crippen LogP contribution in [0.3, 0.4) is 0 Å². The van der Waals surface area contributed by atoms with Crippen LogP contribution in [0, 0.1) is 6.92 Å². The number of rotatable bonds is 5. The van der Waals surface area contributed by atoms with Gasteiger partial charge in [-0.05, 0) is 19.1 Å². The van der Waals surface area contributed by atoms with Crippen molar-refractivity contribution in [2.75, 3.05) is 39.4 Å². The first-order valence-electron chi connectivity index (χ1n) is 6.36. The van der Waals surface area contributed by atoms with E-state index in [0.29, 0.717) is 13.1 Å². The highest BCUT2D eigenvalue weighted by Crippen LogP contribution is 2.06. The lowest BCUT2D eigenvalue weighted by Crippen LogP contribution is -2.43. The fourth-order valence-electron chi connectivity index (χ4n) is 1.96. The average Bonchev–Trinajstić information content (AvgIpc) is 2.76. The van der Waals surface area contributed by atoms with Crippen molar-refractivity contribution in [3.8, 4) is 0 Å². The summed E-state index contributed by atoms with van der Waals surface area (Å²) < 4.78 is 10.7. The normalized spacial score (nSPS) is 16.7. The molecule has 1 aromatic rings. The SMILES string of the molecule is Cc1ccc(CCNC(=O)CN2CCOCC2)o1. The summed E-state index contributed by atoms with van der Waals surface area (Å²) in [5.74, 6) is 1.89. The van der Waals surface area contributed by atoms with Gasteiger partial charge in [0, 0.05) is 26.1 Å². The maximum absolute atomic E-state index is 11.7. The Bertz CT molecular complexity index is 383. The molecule has 1 aliphatic heterocycles. The first-order chi connectivity index (χ1) is 8.74. The largest absolute Gasteiger partial charge is 0.466 e. The van der Waals surface area contributed by atoms with Crippen LogP contribution in [0.4, 0.5) is 0 Å². The number of hydrogen-bond donors (Lipinski definition) is 1. The molecule has 0 aliphatic carbocycles. The third-order valence-electron chi connectivity index (χ3n) is 2.96. The molecule has 1 amide bonds. The fraction of sp³-hybridized carbons (Fsp3) is 0.615. The van der Waals surface area contributed by atoms with E-state index in [1.807, 2.05) is 19.1 Å². The third-order valence-corrected chi connectivity index (χ3v) is 2.96. The summed E-state index contributed by atoms with van der Waals surface area (Å²) in [5, 5.41) is 2.91. The Labute approximate surface area is 107 Å². The van der Waals surface area contributed by atoms with E-state index < -0.39 is 0 Å². The Morgan fingerprint density at radius 3 is 2.83 bits per heavy atom. The van der Waals surface area contributed by atoms with E-state index in [-0.39, 0.29) is 5.91 Å². The number of carbonyl (C=O) groups excluding carboxylic acids is 1. The number of aryl methyl sites for hydroxylation is 1. The zero-order chi connectivity index (χ0) is 12.8. The van der Waals surface area contributed by atoms with Crippen LogP contribution in [0.25, 0.3) is 0 Å². The Morgan fingerprint density at radius 2 is 2.17 bits per heavy atom. The van der Waals surface area contributed by atoms with Gasteiger partial charge in [-0.2, -0.15) is 0 Å². The van der Waals surface area contributed by atoms with Gasteiger partial charge in [0.1, 0.15) is 11.5 Å². The van der Waals surface area contributed by atoms with Crippen LogP contribution in [0.15, 0.2) is 16.5 Å². The van der Waals surface area contributed by atoms with E-state index >= 15 is 0 Å². The predicted octanol–water partition coefficient (Wildman–Crippen LogP) is 0.579. The first kappa shape index (κ1) is 13.1. The van der Waals surface area contributed by atoms with Crippen LogP contribution in [0.2, 0.25) is 0 Å². The average molecular weight is 252 g/mol. The van der Waals surface area contributed by atoms with Gasteiger partial charge in [0.05, 0.1) is 19.8 Å². The van der Waals surface area contributed by atoms with Crippen LogP contribution < -0.4 is 5.32 Å². The Balaban J connectivity index is 1.62. The van der Waals surface area contributed by atoms with Crippen molar-refractivity contribution < 1.29 is 13.9 Å². The second kappa shape index (κ2) is 6.56. The van der Waals surface area contributed by atoms with Crippen molar-refractivity contribution in [3.05, 3.63) is 23.7 Å². The van der Waals surface area contributed by atoms with E-state index in [4.69, 9.17) is 9.15 Å². The highest BCUT2D eigenvalue weighted by atomic mass is 16.5. The van der Waals surface area contributed by atoms with Crippen LogP contribution in [-0.2, 0) is 16.0 Å². The second-order valence-electron chi connectivity index (χ2n) is 4.50. The van der Waals surface area contributed by atoms with Gasteiger partial charge in [0.15, 0.2) is 0 Å². The molecule has 0 radical (unpaired) electrons. The Morgan fingerprint density at radius 1 is 1.39 bits per heavy atom. The highest BCUT2D eigenvalue weighted by molar-refractivity contribution is 5.78. The van der Waals surface area contributed by atoms with Gasteiger partial charge in [-0.1, -0.05) is 0 Å². The van der Waals surface area contributed by atoms with Gasteiger partial charge in [-0.25, -0.2) is 0 Å². The standard InChI is InChI=1S/C13H20N2O3/c1-11-2-3-12(18-11)4-5-14-13(16)10-15-6-8-17-9-7-15/h2-3H,4-10H2,1H3,(H,14,16). The van der Waals surface area contributed by atoms with Gasteiger partial charge >= 0.3 is 0 Å². The monoisotopic (exact) mass is 252 g/mol. The summed E-state index contributed by atoms with van der Waals surface area (Å²) >= 11 is 0. The van der Waals surface area contributed by atoms with Crippen LogP contribution in [0.5, 0.6) is 0 Å². The van der Waals surface area contributed by atoms with Crippen molar-refractivity contribution >= 4 is 5.91 Å². The summed E-state index contributed by atoms with van der Waals surface area (Å²) in [7, 11) is 0. The highest BCUT2D eigenvalue weighted by Gasteiger charge is 2.13. The molecule has 1 aromatic heterocycles. The van der Waals surface area contributed by atoms with Gasteiger partial charge < -0.3 is 14.5 Å². The number of morpholine rings is 1. The minimum absolute atomic E-state index is 0.0696. The lowest BCUT2D eigenvalue weighted by atomic mass is 10.3. The molecular formula is C13H20N2O3. The maximum Gasteiger partial charge on any atom is 0.234 e. The summed E-state index contributed by atoms with van der Waals surface area (Å²) in [6, 6.07) is 3.88. The van der Waals surface area contributed by atoms with Gasteiger partial charge in [-0.15, -0.1) is 0 Å². The molecule has 0 aromatic carbocycles. The van der Waals surface area contributed by atoms with Crippen molar-refractivity contribution in [3.63, 3.8) is 0 Å². The van der Waals surface area contributed by atoms with Crippen LogP contribution >= 0.6 is 0 Å². The van der Waals surface area contributed by atoms with Gasteiger partial charge in [0.2, 0.25) is 5.91 Å². The van der Waals surface area contributed by atoms with E-state index in [9.17, 15) is 4.79 Å². The summed E-state index contributed by atoms with van der Waals surface area (Å²) in [5.41, 5.74) is 0. The molecule has 0 saturated carbocycles.